The second-order valence-corrected chi connectivity index (χ2v) is 3.16. The van der Waals surface area contributed by atoms with Crippen LogP contribution in [0.5, 0.6) is 0 Å². The second-order valence-electron chi connectivity index (χ2n) is 3.16. The minimum absolute atomic E-state index is 0.0821. The zero-order valence-corrected chi connectivity index (χ0v) is 8.64. The van der Waals surface area contributed by atoms with Crippen LogP contribution >= 0.6 is 0 Å². The summed E-state index contributed by atoms with van der Waals surface area (Å²) in [6.07, 6.45) is 3.01. The van der Waals surface area contributed by atoms with Gasteiger partial charge in [0.25, 0.3) is 0 Å². The summed E-state index contributed by atoms with van der Waals surface area (Å²) in [5, 5.41) is 8.81. The Bertz CT molecular complexity index is 415. The van der Waals surface area contributed by atoms with Crippen LogP contribution < -0.4 is 0 Å². The van der Waals surface area contributed by atoms with Gasteiger partial charge in [0.05, 0.1) is 0 Å². The van der Waals surface area contributed by atoms with E-state index >= 15 is 0 Å². The number of ketones is 1. The third kappa shape index (κ3) is 2.92. The largest absolute Gasteiger partial charge is 0.382 e. The van der Waals surface area contributed by atoms with Gasteiger partial charge in [0.1, 0.15) is 17.3 Å². The van der Waals surface area contributed by atoms with Crippen molar-refractivity contribution >= 4 is 5.78 Å². The van der Waals surface area contributed by atoms with Crippen molar-refractivity contribution in [2.75, 3.05) is 14.1 Å². The molecular formula is C11H11N3O. The number of hydrogen-bond donors (Lipinski definition) is 0. The molecule has 0 aromatic carbocycles. The summed E-state index contributed by atoms with van der Waals surface area (Å²) in [6.45, 7) is 0. The molecule has 1 rings (SSSR count). The maximum absolute atomic E-state index is 11.7. The average molecular weight is 201 g/mol. The summed E-state index contributed by atoms with van der Waals surface area (Å²) in [5.74, 6) is -0.355. The standard InChI is InChI=1S/C11H11N3O/c1-14(2)8-9(7-12)11(15)10-5-3-4-6-13-10/h3-6,8H,1-2H3/b9-8+. The molecule has 0 bridgehead atoms. The predicted molar refractivity (Wildman–Crippen MR) is 56.0 cm³/mol. The summed E-state index contributed by atoms with van der Waals surface area (Å²) in [7, 11) is 3.51. The molecule has 0 unspecified atom stereocenters. The Hall–Kier alpha value is -2.15. The molecule has 0 amide bonds. The van der Waals surface area contributed by atoms with Crippen molar-refractivity contribution in [2.24, 2.45) is 0 Å². The Balaban J connectivity index is 3.00. The molecule has 0 fully saturated rings. The van der Waals surface area contributed by atoms with Crippen LogP contribution in [0.15, 0.2) is 36.2 Å². The Labute approximate surface area is 88.5 Å². The van der Waals surface area contributed by atoms with E-state index in [4.69, 9.17) is 5.26 Å². The average Bonchev–Trinajstić information content (AvgIpc) is 2.26. The zero-order chi connectivity index (χ0) is 11.3. The number of carbonyl (C=O) groups excluding carboxylic acids is 1. The summed E-state index contributed by atoms with van der Waals surface area (Å²) in [4.78, 5) is 17.3. The molecule has 0 saturated carbocycles. The molecule has 1 aromatic heterocycles. The van der Waals surface area contributed by atoms with E-state index in [1.54, 1.807) is 37.2 Å². The van der Waals surface area contributed by atoms with E-state index in [0.29, 0.717) is 0 Å². The Kier molecular flexibility index (Phi) is 3.58. The fraction of sp³-hybridized carbons (Fsp3) is 0.182. The topological polar surface area (TPSA) is 57.0 Å². The zero-order valence-electron chi connectivity index (χ0n) is 8.64. The maximum Gasteiger partial charge on any atom is 0.223 e. The van der Waals surface area contributed by atoms with Crippen molar-refractivity contribution in [3.8, 4) is 6.07 Å². The molecule has 0 aliphatic carbocycles. The van der Waals surface area contributed by atoms with E-state index < -0.39 is 0 Å². The highest BCUT2D eigenvalue weighted by atomic mass is 16.1. The van der Waals surface area contributed by atoms with Gasteiger partial charge in [-0.3, -0.25) is 9.78 Å². The van der Waals surface area contributed by atoms with Gasteiger partial charge in [-0.1, -0.05) is 6.07 Å². The number of nitrogens with zero attached hydrogens (tertiary/aromatic N) is 3. The minimum Gasteiger partial charge on any atom is -0.382 e. The van der Waals surface area contributed by atoms with Crippen molar-refractivity contribution in [2.45, 2.75) is 0 Å². The van der Waals surface area contributed by atoms with Crippen LogP contribution in [-0.4, -0.2) is 29.8 Å². The smallest absolute Gasteiger partial charge is 0.223 e. The number of rotatable bonds is 3. The van der Waals surface area contributed by atoms with Crippen LogP contribution in [0.1, 0.15) is 10.5 Å². The molecule has 4 heteroatoms. The molecule has 0 spiro atoms. The number of nitriles is 1. The lowest BCUT2D eigenvalue weighted by molar-refractivity contribution is 0.103. The molecule has 1 heterocycles. The molecule has 0 radical (unpaired) electrons. The fourth-order valence-electron chi connectivity index (χ4n) is 1.03. The van der Waals surface area contributed by atoms with Gasteiger partial charge in [0, 0.05) is 26.5 Å². The van der Waals surface area contributed by atoms with Crippen molar-refractivity contribution in [3.05, 3.63) is 41.9 Å². The first-order valence-electron chi connectivity index (χ1n) is 4.39. The van der Waals surface area contributed by atoms with Crippen LogP contribution in [0.3, 0.4) is 0 Å². The lowest BCUT2D eigenvalue weighted by Gasteiger charge is -2.05. The van der Waals surface area contributed by atoms with Crippen LogP contribution in [-0.2, 0) is 0 Å². The highest BCUT2D eigenvalue weighted by Gasteiger charge is 2.12. The van der Waals surface area contributed by atoms with Crippen LogP contribution in [0.4, 0.5) is 0 Å². The highest BCUT2D eigenvalue weighted by Crippen LogP contribution is 2.04. The molecule has 1 aromatic rings. The highest BCUT2D eigenvalue weighted by molar-refractivity contribution is 6.09. The second kappa shape index (κ2) is 4.91. The van der Waals surface area contributed by atoms with E-state index in [2.05, 4.69) is 4.98 Å². The minimum atomic E-state index is -0.355. The Morgan fingerprint density at radius 2 is 2.27 bits per heavy atom. The first-order chi connectivity index (χ1) is 7.15. The van der Waals surface area contributed by atoms with E-state index in [1.807, 2.05) is 6.07 Å². The molecule has 0 atom stereocenters. The predicted octanol–water partition coefficient (Wildman–Crippen LogP) is 1.23. The number of hydrogen-bond acceptors (Lipinski definition) is 4. The third-order valence-corrected chi connectivity index (χ3v) is 1.65. The number of aromatic nitrogens is 1. The summed E-state index contributed by atoms with van der Waals surface area (Å²) < 4.78 is 0. The van der Waals surface area contributed by atoms with Crippen LogP contribution in [0.2, 0.25) is 0 Å². The fourth-order valence-corrected chi connectivity index (χ4v) is 1.03. The van der Waals surface area contributed by atoms with E-state index in [0.717, 1.165) is 0 Å². The SMILES string of the molecule is CN(C)/C=C(\C#N)C(=O)c1ccccn1. The molecule has 15 heavy (non-hydrogen) atoms. The molecule has 0 aliphatic heterocycles. The first kappa shape index (κ1) is 10.9. The van der Waals surface area contributed by atoms with Gasteiger partial charge >= 0.3 is 0 Å². The van der Waals surface area contributed by atoms with E-state index in [9.17, 15) is 4.79 Å². The molecule has 4 nitrogen and oxygen atoms in total. The van der Waals surface area contributed by atoms with Crippen molar-refractivity contribution in [1.82, 2.24) is 9.88 Å². The van der Waals surface area contributed by atoms with Crippen molar-refractivity contribution < 1.29 is 4.79 Å². The van der Waals surface area contributed by atoms with Gasteiger partial charge in [-0.25, -0.2) is 0 Å². The maximum atomic E-state index is 11.7. The van der Waals surface area contributed by atoms with Crippen molar-refractivity contribution in [3.63, 3.8) is 0 Å². The van der Waals surface area contributed by atoms with Gasteiger partial charge in [-0.05, 0) is 12.1 Å². The lowest BCUT2D eigenvalue weighted by atomic mass is 10.1. The first-order valence-corrected chi connectivity index (χ1v) is 4.39. The summed E-state index contributed by atoms with van der Waals surface area (Å²) in [6, 6.07) is 6.88. The quantitative estimate of drug-likeness (QED) is 0.419. The number of pyridine rings is 1. The van der Waals surface area contributed by atoms with E-state index in [1.165, 1.54) is 12.4 Å². The van der Waals surface area contributed by atoms with Crippen LogP contribution in [0.25, 0.3) is 0 Å². The molecule has 0 N–H and O–H groups in total. The Morgan fingerprint density at radius 1 is 1.53 bits per heavy atom. The molecule has 0 aliphatic rings. The lowest BCUT2D eigenvalue weighted by Crippen LogP contribution is -2.09. The monoisotopic (exact) mass is 201 g/mol. The molecule has 76 valence electrons. The molecule has 0 saturated heterocycles. The third-order valence-electron chi connectivity index (χ3n) is 1.65. The number of allylic oxidation sites excluding steroid dienone is 1. The summed E-state index contributed by atoms with van der Waals surface area (Å²) in [5.41, 5.74) is 0.367. The Morgan fingerprint density at radius 3 is 2.73 bits per heavy atom. The van der Waals surface area contributed by atoms with Gasteiger partial charge < -0.3 is 4.90 Å². The van der Waals surface area contributed by atoms with Crippen molar-refractivity contribution in [1.29, 1.82) is 5.26 Å². The van der Waals surface area contributed by atoms with E-state index in [-0.39, 0.29) is 17.1 Å². The van der Waals surface area contributed by atoms with Gasteiger partial charge in [0.15, 0.2) is 0 Å². The number of Topliss-reactive ketones (excluding diaryl/α,β-unsaturated/α-hetero) is 1. The van der Waals surface area contributed by atoms with Gasteiger partial charge in [0.2, 0.25) is 5.78 Å². The van der Waals surface area contributed by atoms with Crippen LogP contribution in [0, 0.1) is 11.3 Å². The van der Waals surface area contributed by atoms with Gasteiger partial charge in [-0.15, -0.1) is 0 Å². The normalized spacial score (nSPS) is 10.6. The number of carbonyl (C=O) groups is 1. The summed E-state index contributed by atoms with van der Waals surface area (Å²) >= 11 is 0. The van der Waals surface area contributed by atoms with Gasteiger partial charge in [-0.2, -0.15) is 5.26 Å². The molecular weight excluding hydrogens is 190 g/mol.